The molecule has 5 heteroatoms. The van der Waals surface area contributed by atoms with Crippen molar-refractivity contribution in [3.05, 3.63) is 22.6 Å². The van der Waals surface area contributed by atoms with Crippen LogP contribution in [0.25, 0.3) is 0 Å². The van der Waals surface area contributed by atoms with Crippen molar-refractivity contribution in [3.8, 4) is 0 Å². The number of nitrogens with one attached hydrogen (secondary N) is 2. The van der Waals surface area contributed by atoms with Gasteiger partial charge in [0.1, 0.15) is 0 Å². The van der Waals surface area contributed by atoms with E-state index >= 15 is 0 Å². The second-order valence-electron chi connectivity index (χ2n) is 4.49. The van der Waals surface area contributed by atoms with Crippen molar-refractivity contribution in [2.24, 2.45) is 5.92 Å². The van der Waals surface area contributed by atoms with Crippen LogP contribution >= 0.6 is 0 Å². The lowest BCUT2D eigenvalue weighted by atomic mass is 9.98. The summed E-state index contributed by atoms with van der Waals surface area (Å²) in [5.41, 5.74) is 0.641. The van der Waals surface area contributed by atoms with Gasteiger partial charge >= 0.3 is 0 Å². The molecule has 0 saturated carbocycles. The number of hydrogen-bond acceptors (Lipinski definition) is 4. The van der Waals surface area contributed by atoms with Gasteiger partial charge in [-0.15, -0.1) is 0 Å². The highest BCUT2D eigenvalue weighted by molar-refractivity contribution is 5.38. The minimum absolute atomic E-state index is 0.161. The van der Waals surface area contributed by atoms with E-state index in [1.54, 1.807) is 12.3 Å². The van der Waals surface area contributed by atoms with Crippen molar-refractivity contribution in [1.82, 2.24) is 15.1 Å². The standard InChI is InChI=1S/C11H18N4O/c1-15-4-2-3-9(8-15)6-12-10-5-11(16)14-13-7-10/h5,7,9H,2-4,6,8H2,1H3,(H2,12,14,16). The van der Waals surface area contributed by atoms with Crippen molar-refractivity contribution >= 4 is 5.69 Å². The van der Waals surface area contributed by atoms with Gasteiger partial charge in [-0.2, -0.15) is 5.10 Å². The molecular weight excluding hydrogens is 204 g/mol. The van der Waals surface area contributed by atoms with Gasteiger partial charge in [0.2, 0.25) is 0 Å². The molecule has 5 nitrogen and oxygen atoms in total. The first kappa shape index (κ1) is 11.1. The van der Waals surface area contributed by atoms with Gasteiger partial charge in [-0.3, -0.25) is 4.79 Å². The molecule has 2 N–H and O–H groups in total. The van der Waals surface area contributed by atoms with Gasteiger partial charge in [0.15, 0.2) is 0 Å². The van der Waals surface area contributed by atoms with E-state index < -0.39 is 0 Å². The quantitative estimate of drug-likeness (QED) is 0.783. The molecule has 0 amide bonds. The molecule has 16 heavy (non-hydrogen) atoms. The number of anilines is 1. The Labute approximate surface area is 94.9 Å². The molecule has 2 rings (SSSR count). The monoisotopic (exact) mass is 222 g/mol. The zero-order chi connectivity index (χ0) is 11.4. The first-order chi connectivity index (χ1) is 7.74. The van der Waals surface area contributed by atoms with E-state index in [4.69, 9.17) is 0 Å². The Bertz CT molecular complexity index is 390. The summed E-state index contributed by atoms with van der Waals surface area (Å²) in [4.78, 5) is 13.4. The second kappa shape index (κ2) is 5.12. The highest BCUT2D eigenvalue weighted by Crippen LogP contribution is 2.15. The maximum absolute atomic E-state index is 11.0. The van der Waals surface area contributed by atoms with E-state index in [0.29, 0.717) is 5.92 Å². The second-order valence-corrected chi connectivity index (χ2v) is 4.49. The molecular formula is C11H18N4O. The molecule has 1 aromatic heterocycles. The number of hydrogen-bond donors (Lipinski definition) is 2. The fourth-order valence-electron chi connectivity index (χ4n) is 2.17. The van der Waals surface area contributed by atoms with E-state index in [2.05, 4.69) is 27.5 Å². The zero-order valence-corrected chi connectivity index (χ0v) is 9.57. The Morgan fingerprint density at radius 2 is 2.56 bits per heavy atom. The van der Waals surface area contributed by atoms with Crippen LogP contribution in [0.15, 0.2) is 17.1 Å². The molecule has 1 aromatic rings. The fourth-order valence-corrected chi connectivity index (χ4v) is 2.17. The topological polar surface area (TPSA) is 61.0 Å². The maximum atomic E-state index is 11.0. The smallest absolute Gasteiger partial charge is 0.266 e. The third-order valence-electron chi connectivity index (χ3n) is 2.98. The van der Waals surface area contributed by atoms with Gasteiger partial charge in [-0.05, 0) is 32.4 Å². The zero-order valence-electron chi connectivity index (χ0n) is 9.57. The number of rotatable bonds is 3. The maximum Gasteiger partial charge on any atom is 0.266 e. The van der Waals surface area contributed by atoms with Gasteiger partial charge in [0.05, 0.1) is 11.9 Å². The van der Waals surface area contributed by atoms with Crippen LogP contribution in [-0.2, 0) is 0 Å². The van der Waals surface area contributed by atoms with E-state index in [1.807, 2.05) is 0 Å². The third-order valence-corrected chi connectivity index (χ3v) is 2.98. The molecule has 1 atom stereocenters. The lowest BCUT2D eigenvalue weighted by Crippen LogP contribution is -2.35. The summed E-state index contributed by atoms with van der Waals surface area (Å²) in [5.74, 6) is 0.665. The van der Waals surface area contributed by atoms with Crippen molar-refractivity contribution in [2.75, 3.05) is 32.0 Å². The van der Waals surface area contributed by atoms with Crippen LogP contribution in [0.5, 0.6) is 0 Å². The van der Waals surface area contributed by atoms with Gasteiger partial charge in [0, 0.05) is 19.2 Å². The molecule has 1 fully saturated rings. The molecule has 0 aliphatic carbocycles. The highest BCUT2D eigenvalue weighted by atomic mass is 16.1. The Morgan fingerprint density at radius 3 is 3.31 bits per heavy atom. The Kier molecular flexibility index (Phi) is 3.56. The number of H-pyrrole nitrogens is 1. The molecule has 1 aliphatic rings. The third kappa shape index (κ3) is 3.06. The molecule has 0 bridgehead atoms. The predicted octanol–water partition coefficient (Wildman–Crippen LogP) is 0.524. The van der Waals surface area contributed by atoms with Gasteiger partial charge in [0.25, 0.3) is 5.56 Å². The van der Waals surface area contributed by atoms with Crippen molar-refractivity contribution in [1.29, 1.82) is 0 Å². The van der Waals surface area contributed by atoms with Gasteiger partial charge < -0.3 is 10.2 Å². The number of likely N-dealkylation sites (tertiary alicyclic amines) is 1. The van der Waals surface area contributed by atoms with Crippen LogP contribution in [-0.4, -0.2) is 41.8 Å². The lowest BCUT2D eigenvalue weighted by molar-refractivity contribution is 0.217. The molecule has 1 aliphatic heterocycles. The molecule has 0 radical (unpaired) electrons. The summed E-state index contributed by atoms with van der Waals surface area (Å²) in [6, 6.07) is 1.54. The fraction of sp³-hybridized carbons (Fsp3) is 0.636. The number of piperidine rings is 1. The van der Waals surface area contributed by atoms with Crippen molar-refractivity contribution in [2.45, 2.75) is 12.8 Å². The molecule has 2 heterocycles. The van der Waals surface area contributed by atoms with Crippen LogP contribution in [0, 0.1) is 5.92 Å². The summed E-state index contributed by atoms with van der Waals surface area (Å²) in [6.45, 7) is 3.24. The Balaban J connectivity index is 1.85. The predicted molar refractivity (Wildman–Crippen MR) is 63.6 cm³/mol. The van der Waals surface area contributed by atoms with Gasteiger partial charge in [-0.25, -0.2) is 5.10 Å². The molecule has 1 saturated heterocycles. The van der Waals surface area contributed by atoms with Crippen LogP contribution in [0.1, 0.15) is 12.8 Å². The summed E-state index contributed by atoms with van der Waals surface area (Å²) < 4.78 is 0. The molecule has 0 spiro atoms. The minimum Gasteiger partial charge on any atom is -0.383 e. The largest absolute Gasteiger partial charge is 0.383 e. The number of aromatic amines is 1. The molecule has 88 valence electrons. The van der Waals surface area contributed by atoms with Crippen molar-refractivity contribution in [3.63, 3.8) is 0 Å². The van der Waals surface area contributed by atoms with Crippen LogP contribution in [0.4, 0.5) is 5.69 Å². The summed E-state index contributed by atoms with van der Waals surface area (Å²) in [7, 11) is 2.15. The van der Waals surface area contributed by atoms with Crippen LogP contribution in [0.3, 0.4) is 0 Å². The van der Waals surface area contributed by atoms with Crippen LogP contribution in [0.2, 0.25) is 0 Å². The number of aromatic nitrogens is 2. The van der Waals surface area contributed by atoms with Crippen molar-refractivity contribution < 1.29 is 0 Å². The Hall–Kier alpha value is -1.36. The molecule has 0 aromatic carbocycles. The first-order valence-electron chi connectivity index (χ1n) is 5.71. The van der Waals surface area contributed by atoms with E-state index in [-0.39, 0.29) is 5.56 Å². The van der Waals surface area contributed by atoms with E-state index in [1.165, 1.54) is 19.4 Å². The first-order valence-corrected chi connectivity index (χ1v) is 5.71. The average molecular weight is 222 g/mol. The summed E-state index contributed by atoms with van der Waals surface area (Å²) in [5, 5.41) is 9.38. The van der Waals surface area contributed by atoms with Gasteiger partial charge in [-0.1, -0.05) is 0 Å². The van der Waals surface area contributed by atoms with E-state index in [9.17, 15) is 4.79 Å². The normalized spacial score (nSPS) is 21.9. The Morgan fingerprint density at radius 1 is 1.69 bits per heavy atom. The minimum atomic E-state index is -0.161. The lowest BCUT2D eigenvalue weighted by Gasteiger charge is -2.29. The summed E-state index contributed by atoms with van der Waals surface area (Å²) >= 11 is 0. The molecule has 1 unspecified atom stereocenters. The summed E-state index contributed by atoms with van der Waals surface area (Å²) in [6.07, 6.45) is 4.17. The highest BCUT2D eigenvalue weighted by Gasteiger charge is 2.16. The van der Waals surface area contributed by atoms with Crippen LogP contribution < -0.4 is 10.9 Å². The average Bonchev–Trinajstić information content (AvgIpc) is 2.27. The number of nitrogens with zero attached hydrogens (tertiary/aromatic N) is 2. The SMILES string of the molecule is CN1CCCC(CNc2cn[nH]c(=O)c2)C1. The van der Waals surface area contributed by atoms with E-state index in [0.717, 1.165) is 18.8 Å².